The molecular formula is C15H24N2O. The lowest BCUT2D eigenvalue weighted by atomic mass is 9.78. The number of Topliss-reactive ketones (excluding diaryl/α,β-unsaturated/α-hetero) is 1. The van der Waals surface area contributed by atoms with Crippen molar-refractivity contribution < 1.29 is 4.79 Å². The molecule has 0 aromatic carbocycles. The minimum Gasteiger partial charge on any atom is -0.319 e. The molecular weight excluding hydrogens is 224 g/mol. The van der Waals surface area contributed by atoms with Crippen LogP contribution in [-0.2, 0) is 0 Å². The van der Waals surface area contributed by atoms with Crippen LogP contribution in [0, 0.1) is 11.8 Å². The van der Waals surface area contributed by atoms with Crippen molar-refractivity contribution in [2.45, 2.75) is 39.0 Å². The molecule has 1 aromatic rings. The van der Waals surface area contributed by atoms with Crippen LogP contribution in [-0.4, -0.2) is 24.6 Å². The molecule has 0 spiro atoms. The fourth-order valence-electron chi connectivity index (χ4n) is 3.00. The van der Waals surface area contributed by atoms with Gasteiger partial charge in [-0.05, 0) is 30.9 Å². The topological polar surface area (TPSA) is 25.2 Å². The van der Waals surface area contributed by atoms with E-state index in [-0.39, 0.29) is 5.92 Å². The van der Waals surface area contributed by atoms with Crippen LogP contribution in [0.2, 0.25) is 0 Å². The van der Waals surface area contributed by atoms with Gasteiger partial charge in [0.05, 0.1) is 0 Å². The van der Waals surface area contributed by atoms with E-state index in [4.69, 9.17) is 0 Å². The summed E-state index contributed by atoms with van der Waals surface area (Å²) in [6.45, 7) is 2.10. The fraction of sp³-hybridized carbons (Fsp3) is 0.667. The average Bonchev–Trinajstić information content (AvgIpc) is 2.87. The van der Waals surface area contributed by atoms with E-state index in [2.05, 4.69) is 6.92 Å². The van der Waals surface area contributed by atoms with Gasteiger partial charge < -0.3 is 5.01 Å². The van der Waals surface area contributed by atoms with E-state index in [9.17, 15) is 4.79 Å². The number of nitrogens with zero attached hydrogens (tertiary/aromatic N) is 2. The lowest BCUT2D eigenvalue weighted by Crippen LogP contribution is -2.31. The van der Waals surface area contributed by atoms with Crippen LogP contribution < -0.4 is 5.01 Å². The van der Waals surface area contributed by atoms with Crippen molar-refractivity contribution in [2.24, 2.45) is 11.8 Å². The number of ketones is 1. The third-order valence-corrected chi connectivity index (χ3v) is 4.18. The minimum atomic E-state index is 0.152. The first-order chi connectivity index (χ1) is 8.61. The highest BCUT2D eigenvalue weighted by Crippen LogP contribution is 2.31. The molecule has 0 aliphatic heterocycles. The summed E-state index contributed by atoms with van der Waals surface area (Å²) >= 11 is 0. The quantitative estimate of drug-likeness (QED) is 0.765. The van der Waals surface area contributed by atoms with Crippen molar-refractivity contribution in [3.63, 3.8) is 0 Å². The second-order valence-corrected chi connectivity index (χ2v) is 5.64. The number of aromatic nitrogens is 1. The van der Waals surface area contributed by atoms with E-state index in [1.807, 2.05) is 42.1 Å². The molecule has 1 aromatic heterocycles. The molecule has 1 unspecified atom stereocenters. The zero-order valence-corrected chi connectivity index (χ0v) is 11.7. The van der Waals surface area contributed by atoms with E-state index >= 15 is 0 Å². The predicted octanol–water partition coefficient (Wildman–Crippen LogP) is 3.08. The molecule has 0 radical (unpaired) electrons. The molecule has 0 N–H and O–H groups in total. The molecule has 3 heteroatoms. The first kappa shape index (κ1) is 13.2. The van der Waals surface area contributed by atoms with E-state index in [0.717, 1.165) is 5.69 Å². The molecule has 2 rings (SSSR count). The van der Waals surface area contributed by atoms with Crippen molar-refractivity contribution in [3.8, 4) is 0 Å². The van der Waals surface area contributed by atoms with Crippen molar-refractivity contribution in [1.29, 1.82) is 0 Å². The lowest BCUT2D eigenvalue weighted by Gasteiger charge is -2.27. The van der Waals surface area contributed by atoms with Crippen LogP contribution in [0.5, 0.6) is 0 Å². The summed E-state index contributed by atoms with van der Waals surface area (Å²) in [5.41, 5.74) is 0.818. The third kappa shape index (κ3) is 2.60. The third-order valence-electron chi connectivity index (χ3n) is 4.18. The molecule has 1 saturated carbocycles. The van der Waals surface area contributed by atoms with E-state index < -0.39 is 0 Å². The van der Waals surface area contributed by atoms with Crippen LogP contribution in [0.4, 0.5) is 0 Å². The Morgan fingerprint density at radius 2 is 2.00 bits per heavy atom. The standard InChI is InChI=1S/C15H24N2O/c1-12(13-8-5-4-6-9-13)15(18)14-10-7-11-17(14)16(2)3/h7,10-13H,4-6,8-9H2,1-3H3. The second kappa shape index (κ2) is 5.59. The largest absolute Gasteiger partial charge is 0.319 e. The van der Waals surface area contributed by atoms with Gasteiger partial charge in [0, 0.05) is 26.2 Å². The Kier molecular flexibility index (Phi) is 4.10. The van der Waals surface area contributed by atoms with Crippen molar-refractivity contribution in [3.05, 3.63) is 24.0 Å². The zero-order chi connectivity index (χ0) is 13.1. The average molecular weight is 248 g/mol. The van der Waals surface area contributed by atoms with Gasteiger partial charge in [0.2, 0.25) is 0 Å². The monoisotopic (exact) mass is 248 g/mol. The van der Waals surface area contributed by atoms with E-state index in [1.165, 1.54) is 32.1 Å². The molecule has 1 aliphatic rings. The smallest absolute Gasteiger partial charge is 0.184 e. The maximum absolute atomic E-state index is 12.6. The number of hydrogen-bond donors (Lipinski definition) is 0. The summed E-state index contributed by atoms with van der Waals surface area (Å²) in [5.74, 6) is 1.02. The fourth-order valence-corrected chi connectivity index (χ4v) is 3.00. The summed E-state index contributed by atoms with van der Waals surface area (Å²) in [6, 6.07) is 3.88. The van der Waals surface area contributed by atoms with Crippen LogP contribution >= 0.6 is 0 Å². The Hall–Kier alpha value is -1.25. The molecule has 0 bridgehead atoms. The van der Waals surface area contributed by atoms with E-state index in [0.29, 0.717) is 11.7 Å². The summed E-state index contributed by atoms with van der Waals surface area (Å²) in [7, 11) is 3.92. The molecule has 18 heavy (non-hydrogen) atoms. The molecule has 1 fully saturated rings. The SMILES string of the molecule is CC(C(=O)c1cccn1N(C)C)C1CCCCC1. The summed E-state index contributed by atoms with van der Waals surface area (Å²) in [5, 5.41) is 1.95. The Bertz CT molecular complexity index is 402. The lowest BCUT2D eigenvalue weighted by molar-refractivity contribution is 0.0854. The van der Waals surface area contributed by atoms with Gasteiger partial charge in [-0.1, -0.05) is 26.2 Å². The summed E-state index contributed by atoms with van der Waals surface area (Å²) in [4.78, 5) is 12.6. The van der Waals surface area contributed by atoms with Gasteiger partial charge in [-0.15, -0.1) is 0 Å². The number of carbonyl (C=O) groups excluding carboxylic acids is 1. The molecule has 0 amide bonds. The molecule has 100 valence electrons. The van der Waals surface area contributed by atoms with Gasteiger partial charge in [-0.2, -0.15) is 0 Å². The highest BCUT2D eigenvalue weighted by atomic mass is 16.1. The van der Waals surface area contributed by atoms with Gasteiger partial charge in [0.15, 0.2) is 5.78 Å². The highest BCUT2D eigenvalue weighted by Gasteiger charge is 2.27. The molecule has 1 atom stereocenters. The minimum absolute atomic E-state index is 0.152. The van der Waals surface area contributed by atoms with Crippen molar-refractivity contribution in [1.82, 2.24) is 4.68 Å². The normalized spacial score (nSPS) is 18.6. The first-order valence-electron chi connectivity index (χ1n) is 7.00. The highest BCUT2D eigenvalue weighted by molar-refractivity contribution is 5.96. The Morgan fingerprint density at radius 3 is 2.61 bits per heavy atom. The number of hydrogen-bond acceptors (Lipinski definition) is 2. The van der Waals surface area contributed by atoms with Crippen molar-refractivity contribution in [2.75, 3.05) is 19.1 Å². The zero-order valence-electron chi connectivity index (χ0n) is 11.7. The molecule has 1 aliphatic carbocycles. The van der Waals surface area contributed by atoms with Crippen LogP contribution in [0.3, 0.4) is 0 Å². The number of carbonyl (C=O) groups is 1. The van der Waals surface area contributed by atoms with Crippen molar-refractivity contribution >= 4 is 5.78 Å². The molecule has 0 saturated heterocycles. The van der Waals surface area contributed by atoms with E-state index in [1.54, 1.807) is 0 Å². The van der Waals surface area contributed by atoms with Crippen LogP contribution in [0.15, 0.2) is 18.3 Å². The van der Waals surface area contributed by atoms with Gasteiger partial charge in [-0.3, -0.25) is 9.47 Å². The predicted molar refractivity (Wildman–Crippen MR) is 74.6 cm³/mol. The summed E-state index contributed by atoms with van der Waals surface area (Å²) in [6.07, 6.45) is 8.30. The van der Waals surface area contributed by atoms with Gasteiger partial charge in [0.25, 0.3) is 0 Å². The molecule has 1 heterocycles. The van der Waals surface area contributed by atoms with Crippen LogP contribution in [0.1, 0.15) is 49.5 Å². The second-order valence-electron chi connectivity index (χ2n) is 5.64. The number of rotatable bonds is 4. The van der Waals surface area contributed by atoms with Crippen LogP contribution in [0.25, 0.3) is 0 Å². The first-order valence-corrected chi connectivity index (χ1v) is 7.00. The van der Waals surface area contributed by atoms with Gasteiger partial charge in [-0.25, -0.2) is 0 Å². The van der Waals surface area contributed by atoms with Gasteiger partial charge in [0.1, 0.15) is 5.69 Å². The Morgan fingerprint density at radius 1 is 1.33 bits per heavy atom. The Labute approximate surface area is 110 Å². The summed E-state index contributed by atoms with van der Waals surface area (Å²) < 4.78 is 1.93. The maximum atomic E-state index is 12.6. The maximum Gasteiger partial charge on any atom is 0.184 e. The molecule has 3 nitrogen and oxygen atoms in total. The Balaban J connectivity index is 2.12. The van der Waals surface area contributed by atoms with Gasteiger partial charge >= 0.3 is 0 Å².